The van der Waals surface area contributed by atoms with Gasteiger partial charge in [-0.15, -0.1) is 0 Å². The highest BCUT2D eigenvalue weighted by Gasteiger charge is 2.24. The average Bonchev–Trinajstić information content (AvgIpc) is 3.22. The van der Waals surface area contributed by atoms with Gasteiger partial charge in [0.2, 0.25) is 11.8 Å². The van der Waals surface area contributed by atoms with Gasteiger partial charge >= 0.3 is 0 Å². The number of halogens is 1. The van der Waals surface area contributed by atoms with Crippen LogP contribution in [0.5, 0.6) is 0 Å². The number of nitrogens with one attached hydrogen (secondary N) is 1. The Morgan fingerprint density at radius 2 is 2.00 bits per heavy atom. The zero-order valence-electron chi connectivity index (χ0n) is 13.0. The van der Waals surface area contributed by atoms with Crippen LogP contribution >= 0.6 is 11.6 Å². The Bertz CT molecular complexity index is 546. The molecule has 0 spiro atoms. The van der Waals surface area contributed by atoms with E-state index in [1.165, 1.54) is 0 Å². The van der Waals surface area contributed by atoms with Gasteiger partial charge in [0.05, 0.1) is 13.1 Å². The summed E-state index contributed by atoms with van der Waals surface area (Å²) in [6, 6.07) is 7.80. The Kier molecular flexibility index (Phi) is 5.80. The van der Waals surface area contributed by atoms with Crippen LogP contribution in [0.2, 0.25) is 5.02 Å². The summed E-state index contributed by atoms with van der Waals surface area (Å²) in [6.45, 7) is 0.962. The Hall–Kier alpha value is -1.59. The number of carbonyl (C=O) groups is 2. The smallest absolute Gasteiger partial charge is 0.236 e. The maximum Gasteiger partial charge on any atom is 0.236 e. The lowest BCUT2D eigenvalue weighted by molar-refractivity contribution is -0.132. The molecule has 0 saturated heterocycles. The molecule has 0 radical (unpaired) electrons. The second-order valence-corrected chi connectivity index (χ2v) is 6.33. The highest BCUT2D eigenvalue weighted by molar-refractivity contribution is 6.30. The first-order valence-electron chi connectivity index (χ1n) is 7.40. The van der Waals surface area contributed by atoms with Crippen molar-refractivity contribution in [2.24, 2.45) is 0 Å². The van der Waals surface area contributed by atoms with E-state index in [0.717, 1.165) is 18.4 Å². The largest absolute Gasteiger partial charge is 0.352 e. The first kappa shape index (κ1) is 16.8. The maximum absolute atomic E-state index is 12.2. The number of hydrogen-bond acceptors (Lipinski definition) is 3. The highest BCUT2D eigenvalue weighted by Crippen LogP contribution is 2.18. The summed E-state index contributed by atoms with van der Waals surface area (Å²) < 4.78 is 0. The van der Waals surface area contributed by atoms with Crippen LogP contribution in [-0.2, 0) is 16.1 Å². The summed E-state index contributed by atoms with van der Waals surface area (Å²) in [5, 5.41) is 3.57. The lowest BCUT2D eigenvalue weighted by atomic mass is 10.2. The molecule has 0 atom stereocenters. The predicted molar refractivity (Wildman–Crippen MR) is 86.6 cm³/mol. The standard InChI is InChI=1S/C16H22ClN3O2/c1-19(10-15(21)18-14-6-7-14)11-16(22)20(2)9-12-4-3-5-13(17)8-12/h3-5,8,14H,6-7,9-11H2,1-2H3,(H,18,21). The molecule has 0 unspecified atom stereocenters. The third-order valence-electron chi connectivity index (χ3n) is 3.50. The topological polar surface area (TPSA) is 52.7 Å². The molecule has 5 nitrogen and oxygen atoms in total. The first-order chi connectivity index (χ1) is 10.4. The van der Waals surface area contributed by atoms with Crippen molar-refractivity contribution >= 4 is 23.4 Å². The fourth-order valence-electron chi connectivity index (χ4n) is 2.15. The third kappa shape index (κ3) is 5.66. The van der Waals surface area contributed by atoms with Crippen molar-refractivity contribution in [3.8, 4) is 0 Å². The Morgan fingerprint density at radius 3 is 2.64 bits per heavy atom. The molecule has 0 aliphatic heterocycles. The van der Waals surface area contributed by atoms with E-state index in [4.69, 9.17) is 11.6 Å². The molecule has 1 saturated carbocycles. The number of rotatable bonds is 7. The van der Waals surface area contributed by atoms with Crippen molar-refractivity contribution in [2.75, 3.05) is 27.2 Å². The number of hydrogen-bond donors (Lipinski definition) is 1. The van der Waals surface area contributed by atoms with E-state index in [0.29, 0.717) is 17.6 Å². The summed E-state index contributed by atoms with van der Waals surface area (Å²) >= 11 is 5.94. The normalized spacial score (nSPS) is 14.0. The summed E-state index contributed by atoms with van der Waals surface area (Å²) in [5.41, 5.74) is 0.984. The van der Waals surface area contributed by atoms with Crippen molar-refractivity contribution in [3.05, 3.63) is 34.9 Å². The quantitative estimate of drug-likeness (QED) is 0.827. The lowest BCUT2D eigenvalue weighted by Gasteiger charge is -2.21. The van der Waals surface area contributed by atoms with Crippen LogP contribution in [0, 0.1) is 0 Å². The number of likely N-dealkylation sites (N-methyl/N-ethyl adjacent to an activating group) is 2. The van der Waals surface area contributed by atoms with Crippen molar-refractivity contribution in [1.29, 1.82) is 0 Å². The molecule has 1 aromatic carbocycles. The number of benzene rings is 1. The van der Waals surface area contributed by atoms with Gasteiger partial charge in [0.25, 0.3) is 0 Å². The average molecular weight is 324 g/mol. The minimum absolute atomic E-state index is 0.0182. The van der Waals surface area contributed by atoms with Crippen LogP contribution in [-0.4, -0.2) is 54.8 Å². The number of amides is 2. The minimum atomic E-state index is -0.0262. The monoisotopic (exact) mass is 323 g/mol. The molecule has 0 heterocycles. The summed E-state index contributed by atoms with van der Waals surface area (Å²) in [7, 11) is 3.53. The molecule has 1 fully saturated rings. The molecule has 2 rings (SSSR count). The van der Waals surface area contributed by atoms with Gasteiger partial charge in [-0.05, 0) is 37.6 Å². The summed E-state index contributed by atoms with van der Waals surface area (Å²) in [5.74, 6) is -0.0445. The molecular weight excluding hydrogens is 302 g/mol. The van der Waals surface area contributed by atoms with Gasteiger partial charge in [-0.2, -0.15) is 0 Å². The molecule has 1 aliphatic carbocycles. The molecule has 0 aromatic heterocycles. The first-order valence-corrected chi connectivity index (χ1v) is 7.78. The minimum Gasteiger partial charge on any atom is -0.352 e. The van der Waals surface area contributed by atoms with E-state index in [9.17, 15) is 9.59 Å². The van der Waals surface area contributed by atoms with E-state index >= 15 is 0 Å². The SMILES string of the molecule is CN(CC(=O)NC1CC1)CC(=O)N(C)Cc1cccc(Cl)c1. The van der Waals surface area contributed by atoms with E-state index in [-0.39, 0.29) is 24.9 Å². The third-order valence-corrected chi connectivity index (χ3v) is 3.73. The van der Waals surface area contributed by atoms with Gasteiger partial charge < -0.3 is 10.2 Å². The molecule has 1 aromatic rings. The maximum atomic E-state index is 12.2. The van der Waals surface area contributed by atoms with Crippen molar-refractivity contribution < 1.29 is 9.59 Å². The zero-order valence-corrected chi connectivity index (χ0v) is 13.8. The molecular formula is C16H22ClN3O2. The Morgan fingerprint density at radius 1 is 1.27 bits per heavy atom. The van der Waals surface area contributed by atoms with Crippen LogP contribution in [0.15, 0.2) is 24.3 Å². The van der Waals surface area contributed by atoms with Gasteiger partial charge in [0.1, 0.15) is 0 Å². The van der Waals surface area contributed by atoms with Crippen LogP contribution in [0.1, 0.15) is 18.4 Å². The molecule has 1 aliphatic rings. The van der Waals surface area contributed by atoms with Gasteiger partial charge in [-0.1, -0.05) is 23.7 Å². The Balaban J connectivity index is 1.76. The Labute approximate surface area is 136 Å². The van der Waals surface area contributed by atoms with Crippen molar-refractivity contribution in [1.82, 2.24) is 15.1 Å². The van der Waals surface area contributed by atoms with Gasteiger partial charge in [0.15, 0.2) is 0 Å². The van der Waals surface area contributed by atoms with Crippen LogP contribution in [0.25, 0.3) is 0 Å². The fourth-order valence-corrected chi connectivity index (χ4v) is 2.36. The van der Waals surface area contributed by atoms with Gasteiger partial charge in [-0.25, -0.2) is 0 Å². The number of carbonyl (C=O) groups excluding carboxylic acids is 2. The molecule has 22 heavy (non-hydrogen) atoms. The zero-order chi connectivity index (χ0) is 16.1. The van der Waals surface area contributed by atoms with Crippen LogP contribution in [0.4, 0.5) is 0 Å². The number of nitrogens with zero attached hydrogens (tertiary/aromatic N) is 2. The van der Waals surface area contributed by atoms with Gasteiger partial charge in [-0.3, -0.25) is 14.5 Å². The van der Waals surface area contributed by atoms with Crippen LogP contribution < -0.4 is 5.32 Å². The van der Waals surface area contributed by atoms with E-state index in [1.54, 1.807) is 30.0 Å². The highest BCUT2D eigenvalue weighted by atomic mass is 35.5. The fraction of sp³-hybridized carbons (Fsp3) is 0.500. The van der Waals surface area contributed by atoms with Crippen LogP contribution in [0.3, 0.4) is 0 Å². The van der Waals surface area contributed by atoms with E-state index in [1.807, 2.05) is 18.2 Å². The summed E-state index contributed by atoms with van der Waals surface area (Å²) in [4.78, 5) is 27.2. The van der Waals surface area contributed by atoms with Gasteiger partial charge in [0, 0.05) is 24.7 Å². The molecule has 1 N–H and O–H groups in total. The van der Waals surface area contributed by atoms with E-state index < -0.39 is 0 Å². The predicted octanol–water partition coefficient (Wildman–Crippen LogP) is 1.51. The lowest BCUT2D eigenvalue weighted by Crippen LogP contribution is -2.41. The second kappa shape index (κ2) is 7.61. The molecule has 6 heteroatoms. The molecule has 0 bridgehead atoms. The second-order valence-electron chi connectivity index (χ2n) is 5.89. The molecule has 2 amide bonds. The van der Waals surface area contributed by atoms with Crippen molar-refractivity contribution in [3.63, 3.8) is 0 Å². The summed E-state index contributed by atoms with van der Waals surface area (Å²) in [6.07, 6.45) is 2.13. The van der Waals surface area contributed by atoms with Crippen molar-refractivity contribution in [2.45, 2.75) is 25.4 Å². The molecule has 120 valence electrons. The van der Waals surface area contributed by atoms with E-state index in [2.05, 4.69) is 5.32 Å².